The zero-order valence-corrected chi connectivity index (χ0v) is 21.3. The van der Waals surface area contributed by atoms with Gasteiger partial charge in [-0.05, 0) is 72.4 Å². The van der Waals surface area contributed by atoms with Gasteiger partial charge in [0.05, 0.1) is 6.04 Å². The number of guanidine groups is 1. The van der Waals surface area contributed by atoms with Gasteiger partial charge >= 0.3 is 6.09 Å². The molecule has 0 aliphatic carbocycles. The first-order chi connectivity index (χ1) is 13.3. The van der Waals surface area contributed by atoms with Crippen molar-refractivity contribution in [2.75, 3.05) is 45.8 Å². The first-order valence-electron chi connectivity index (χ1n) is 11.0. The number of nitrogens with zero attached hydrogens (tertiary/aromatic N) is 3. The van der Waals surface area contributed by atoms with Crippen molar-refractivity contribution >= 4 is 36.0 Å². The molecule has 0 spiro atoms. The van der Waals surface area contributed by atoms with Crippen molar-refractivity contribution in [1.82, 2.24) is 20.4 Å². The Morgan fingerprint density at radius 2 is 1.97 bits per heavy atom. The van der Waals surface area contributed by atoms with Gasteiger partial charge in [-0.2, -0.15) is 0 Å². The Morgan fingerprint density at radius 1 is 1.21 bits per heavy atom. The Balaban J connectivity index is 0.00000420. The standard InChI is InChI=1S/C21H41N5O2.HI/c1-6-22-19(23-11-8-13-25-12-7-9-17(2)15-25)26-14-10-18(16-26)24-20(27)28-21(3,4)5;/h17-18H,6-16H2,1-5H3,(H,22,23)(H,24,27);1H/t17?,18-;/m1./s1. The van der Waals surface area contributed by atoms with E-state index in [2.05, 4.69) is 34.3 Å². The smallest absolute Gasteiger partial charge is 0.407 e. The summed E-state index contributed by atoms with van der Waals surface area (Å²) in [5, 5.41) is 6.39. The van der Waals surface area contributed by atoms with Gasteiger partial charge in [0.2, 0.25) is 0 Å². The van der Waals surface area contributed by atoms with Crippen LogP contribution in [-0.4, -0.2) is 79.3 Å². The van der Waals surface area contributed by atoms with E-state index in [0.29, 0.717) is 0 Å². The van der Waals surface area contributed by atoms with Crippen molar-refractivity contribution in [3.8, 4) is 0 Å². The molecule has 0 bridgehead atoms. The Bertz CT molecular complexity index is 524. The van der Waals surface area contributed by atoms with Crippen LogP contribution in [0, 0.1) is 5.92 Å². The fraction of sp³-hybridized carbons (Fsp3) is 0.905. The zero-order valence-electron chi connectivity index (χ0n) is 19.0. The first-order valence-corrected chi connectivity index (χ1v) is 11.0. The lowest BCUT2D eigenvalue weighted by Crippen LogP contribution is -2.44. The average Bonchev–Trinajstić information content (AvgIpc) is 3.04. The number of alkyl carbamates (subject to hydrolysis) is 1. The van der Waals surface area contributed by atoms with E-state index in [1.54, 1.807) is 0 Å². The minimum absolute atomic E-state index is 0. The monoisotopic (exact) mass is 523 g/mol. The Kier molecular flexibility index (Phi) is 11.6. The van der Waals surface area contributed by atoms with Gasteiger partial charge in [0, 0.05) is 32.7 Å². The number of nitrogens with one attached hydrogen (secondary N) is 2. The lowest BCUT2D eigenvalue weighted by atomic mass is 10.0. The van der Waals surface area contributed by atoms with Crippen LogP contribution >= 0.6 is 24.0 Å². The van der Waals surface area contributed by atoms with Crippen molar-refractivity contribution in [2.24, 2.45) is 10.9 Å². The van der Waals surface area contributed by atoms with Crippen LogP contribution < -0.4 is 10.6 Å². The molecule has 2 atom stereocenters. The quantitative estimate of drug-likeness (QED) is 0.242. The minimum Gasteiger partial charge on any atom is -0.444 e. The number of aliphatic imine (C=N–C) groups is 1. The van der Waals surface area contributed by atoms with Gasteiger partial charge in [0.15, 0.2) is 5.96 Å². The van der Waals surface area contributed by atoms with Gasteiger partial charge in [-0.25, -0.2) is 4.79 Å². The SMILES string of the molecule is CCNC(=NCCCN1CCCC(C)C1)N1CC[C@@H](NC(=O)OC(C)(C)C)C1.I. The largest absolute Gasteiger partial charge is 0.444 e. The molecule has 1 unspecified atom stereocenters. The number of amides is 1. The number of hydrogen-bond acceptors (Lipinski definition) is 4. The summed E-state index contributed by atoms with van der Waals surface area (Å²) in [4.78, 5) is 21.7. The lowest BCUT2D eigenvalue weighted by Gasteiger charge is -2.30. The van der Waals surface area contributed by atoms with Crippen molar-refractivity contribution in [3.05, 3.63) is 0 Å². The van der Waals surface area contributed by atoms with Crippen LogP contribution in [-0.2, 0) is 4.74 Å². The maximum atomic E-state index is 12.0. The Labute approximate surface area is 194 Å². The summed E-state index contributed by atoms with van der Waals surface area (Å²) >= 11 is 0. The molecule has 2 saturated heterocycles. The second-order valence-corrected chi connectivity index (χ2v) is 9.22. The van der Waals surface area contributed by atoms with Crippen LogP contribution in [0.3, 0.4) is 0 Å². The average molecular weight is 524 g/mol. The van der Waals surface area contributed by atoms with Crippen molar-refractivity contribution in [2.45, 2.75) is 71.9 Å². The molecule has 0 aromatic heterocycles. The van der Waals surface area contributed by atoms with Gasteiger partial charge in [-0.1, -0.05) is 6.92 Å². The molecule has 0 radical (unpaired) electrons. The molecule has 1 amide bonds. The third kappa shape index (κ3) is 10.2. The summed E-state index contributed by atoms with van der Waals surface area (Å²) in [5.41, 5.74) is -0.467. The van der Waals surface area contributed by atoms with E-state index in [-0.39, 0.29) is 36.1 Å². The van der Waals surface area contributed by atoms with Crippen LogP contribution in [0.1, 0.15) is 60.3 Å². The van der Waals surface area contributed by atoms with Crippen molar-refractivity contribution in [1.29, 1.82) is 0 Å². The molecule has 170 valence electrons. The first kappa shape index (κ1) is 26.3. The number of carbonyl (C=O) groups excluding carboxylic acids is 1. The number of carbonyl (C=O) groups is 1. The topological polar surface area (TPSA) is 69.2 Å². The van der Waals surface area contributed by atoms with Gasteiger partial charge in [-0.15, -0.1) is 24.0 Å². The van der Waals surface area contributed by atoms with E-state index in [0.717, 1.165) is 57.4 Å². The molecule has 2 fully saturated rings. The van der Waals surface area contributed by atoms with Crippen LogP contribution in [0.15, 0.2) is 4.99 Å². The number of hydrogen-bond donors (Lipinski definition) is 2. The molecule has 8 heteroatoms. The van der Waals surface area contributed by atoms with E-state index in [1.807, 2.05) is 20.8 Å². The highest BCUT2D eigenvalue weighted by Crippen LogP contribution is 2.15. The number of ether oxygens (including phenoxy) is 1. The van der Waals surface area contributed by atoms with E-state index in [4.69, 9.17) is 9.73 Å². The number of piperidine rings is 1. The molecule has 2 N–H and O–H groups in total. The molecule has 2 aliphatic rings. The fourth-order valence-corrected chi connectivity index (χ4v) is 3.94. The molecule has 2 heterocycles. The third-order valence-corrected chi connectivity index (χ3v) is 5.18. The maximum Gasteiger partial charge on any atom is 0.407 e. The van der Waals surface area contributed by atoms with E-state index in [9.17, 15) is 4.79 Å². The zero-order chi connectivity index (χ0) is 20.6. The van der Waals surface area contributed by atoms with Crippen LogP contribution in [0.4, 0.5) is 4.79 Å². The summed E-state index contributed by atoms with van der Waals surface area (Å²) in [6, 6.07) is 0.105. The van der Waals surface area contributed by atoms with Crippen LogP contribution in [0.25, 0.3) is 0 Å². The molecular weight excluding hydrogens is 481 g/mol. The summed E-state index contributed by atoms with van der Waals surface area (Å²) in [6.07, 6.45) is 4.36. The molecule has 0 aromatic carbocycles. The van der Waals surface area contributed by atoms with Gasteiger partial charge < -0.3 is 25.2 Å². The molecule has 2 aliphatic heterocycles. The molecule has 2 rings (SSSR count). The predicted molar refractivity (Wildman–Crippen MR) is 130 cm³/mol. The predicted octanol–water partition coefficient (Wildman–Crippen LogP) is 3.29. The van der Waals surface area contributed by atoms with E-state index >= 15 is 0 Å². The summed E-state index contributed by atoms with van der Waals surface area (Å²) < 4.78 is 5.37. The highest BCUT2D eigenvalue weighted by molar-refractivity contribution is 14.0. The fourth-order valence-electron chi connectivity index (χ4n) is 3.94. The number of rotatable bonds is 6. The maximum absolute atomic E-state index is 12.0. The van der Waals surface area contributed by atoms with Crippen LogP contribution in [0.2, 0.25) is 0 Å². The second-order valence-electron chi connectivity index (χ2n) is 9.22. The summed E-state index contributed by atoms with van der Waals surface area (Å²) in [5.74, 6) is 1.79. The lowest BCUT2D eigenvalue weighted by molar-refractivity contribution is 0.0507. The van der Waals surface area contributed by atoms with Gasteiger partial charge in [0.1, 0.15) is 5.60 Å². The van der Waals surface area contributed by atoms with E-state index in [1.165, 1.54) is 25.9 Å². The molecule has 29 heavy (non-hydrogen) atoms. The highest BCUT2D eigenvalue weighted by Gasteiger charge is 2.27. The minimum atomic E-state index is -0.467. The van der Waals surface area contributed by atoms with E-state index < -0.39 is 5.60 Å². The molecule has 7 nitrogen and oxygen atoms in total. The normalized spacial score (nSPS) is 23.5. The molecular formula is C21H42IN5O2. The molecule has 0 saturated carbocycles. The number of halogens is 1. The summed E-state index contributed by atoms with van der Waals surface area (Å²) in [7, 11) is 0. The van der Waals surface area contributed by atoms with Gasteiger partial charge in [0.25, 0.3) is 0 Å². The van der Waals surface area contributed by atoms with Crippen molar-refractivity contribution in [3.63, 3.8) is 0 Å². The van der Waals surface area contributed by atoms with Gasteiger partial charge in [-0.3, -0.25) is 4.99 Å². The Morgan fingerprint density at radius 3 is 2.62 bits per heavy atom. The second kappa shape index (κ2) is 12.8. The van der Waals surface area contributed by atoms with Crippen molar-refractivity contribution < 1.29 is 9.53 Å². The highest BCUT2D eigenvalue weighted by atomic mass is 127. The third-order valence-electron chi connectivity index (χ3n) is 5.18. The Hall–Kier alpha value is -0.770. The molecule has 0 aromatic rings. The number of likely N-dealkylation sites (tertiary alicyclic amines) is 2. The van der Waals surface area contributed by atoms with Crippen LogP contribution in [0.5, 0.6) is 0 Å². The summed E-state index contributed by atoms with van der Waals surface area (Å²) in [6.45, 7) is 17.1.